The minimum atomic E-state index is -0.256. The van der Waals surface area contributed by atoms with Gasteiger partial charge in [0.2, 0.25) is 0 Å². The van der Waals surface area contributed by atoms with Gasteiger partial charge < -0.3 is 4.74 Å². The molecule has 3 heteroatoms. The molecule has 0 saturated carbocycles. The van der Waals surface area contributed by atoms with Crippen molar-refractivity contribution in [2.24, 2.45) is 0 Å². The monoisotopic (exact) mass is 342 g/mol. The van der Waals surface area contributed by atoms with Crippen LogP contribution in [0, 0.1) is 0 Å². The molecule has 0 bridgehead atoms. The third-order valence-electron chi connectivity index (χ3n) is 3.65. The van der Waals surface area contributed by atoms with Crippen LogP contribution in [0.3, 0.4) is 0 Å². The van der Waals surface area contributed by atoms with Crippen molar-refractivity contribution in [2.45, 2.75) is 12.3 Å². The summed E-state index contributed by atoms with van der Waals surface area (Å²) in [6.07, 6.45) is 0. The van der Waals surface area contributed by atoms with E-state index in [0.717, 1.165) is 27.1 Å². The van der Waals surface area contributed by atoms with Gasteiger partial charge in [0.05, 0.1) is 12.2 Å². The number of carbonyl (C=O) groups is 1. The molecule has 2 nitrogen and oxygen atoms in total. The number of hydrogen-bond donors (Lipinski definition) is 0. The molecule has 0 aliphatic carbocycles. The molecule has 0 unspecified atom stereocenters. The Bertz CT molecular complexity index is 824. The Balaban J connectivity index is 2.49. The predicted octanol–water partition coefficient (Wildman–Crippen LogP) is 5.06. The molecule has 21 heavy (non-hydrogen) atoms. The van der Waals surface area contributed by atoms with Crippen molar-refractivity contribution in [3.05, 3.63) is 59.7 Å². The molecule has 106 valence electrons. The molecule has 3 aromatic rings. The summed E-state index contributed by atoms with van der Waals surface area (Å²) >= 11 is 3.53. The molecule has 0 heterocycles. The van der Waals surface area contributed by atoms with E-state index in [9.17, 15) is 4.79 Å². The van der Waals surface area contributed by atoms with Crippen LogP contribution < -0.4 is 0 Å². The molecule has 0 aliphatic rings. The second-order valence-electron chi connectivity index (χ2n) is 4.80. The maximum Gasteiger partial charge on any atom is 0.339 e. The average molecular weight is 343 g/mol. The van der Waals surface area contributed by atoms with Crippen LogP contribution >= 0.6 is 15.9 Å². The van der Waals surface area contributed by atoms with E-state index in [1.807, 2.05) is 37.3 Å². The summed E-state index contributed by atoms with van der Waals surface area (Å²) in [5, 5.41) is 4.91. The zero-order valence-corrected chi connectivity index (χ0v) is 13.3. The summed E-state index contributed by atoms with van der Waals surface area (Å²) in [5.74, 6) is -0.256. The van der Waals surface area contributed by atoms with Gasteiger partial charge in [0.1, 0.15) is 0 Å². The first-order chi connectivity index (χ1) is 10.3. The van der Waals surface area contributed by atoms with Gasteiger partial charge in [0, 0.05) is 5.33 Å². The molecular weight excluding hydrogens is 328 g/mol. The Morgan fingerprint density at radius 3 is 2.05 bits per heavy atom. The lowest BCUT2D eigenvalue weighted by Gasteiger charge is -2.15. The van der Waals surface area contributed by atoms with Crippen molar-refractivity contribution in [2.75, 3.05) is 6.61 Å². The highest BCUT2D eigenvalue weighted by Crippen LogP contribution is 2.34. The van der Waals surface area contributed by atoms with Gasteiger partial charge in [-0.3, -0.25) is 0 Å². The first kappa shape index (κ1) is 14.1. The summed E-state index contributed by atoms with van der Waals surface area (Å²) in [4.78, 5) is 12.4. The third kappa shape index (κ3) is 2.32. The minimum Gasteiger partial charge on any atom is -0.462 e. The Hall–Kier alpha value is -1.87. The first-order valence-electron chi connectivity index (χ1n) is 6.93. The number of carbonyl (C=O) groups excluding carboxylic acids is 1. The summed E-state index contributed by atoms with van der Waals surface area (Å²) in [7, 11) is 0. The van der Waals surface area contributed by atoms with Crippen molar-refractivity contribution in [1.82, 2.24) is 0 Å². The van der Waals surface area contributed by atoms with Gasteiger partial charge in [-0.05, 0) is 34.0 Å². The number of alkyl halides is 1. The Labute approximate surface area is 131 Å². The van der Waals surface area contributed by atoms with Crippen molar-refractivity contribution in [3.63, 3.8) is 0 Å². The van der Waals surface area contributed by atoms with E-state index < -0.39 is 0 Å². The second kappa shape index (κ2) is 5.86. The molecule has 0 fully saturated rings. The molecule has 0 aromatic heterocycles. The van der Waals surface area contributed by atoms with Crippen molar-refractivity contribution in [3.8, 4) is 0 Å². The van der Waals surface area contributed by atoms with E-state index in [1.54, 1.807) is 0 Å². The van der Waals surface area contributed by atoms with Crippen LogP contribution in [-0.2, 0) is 10.1 Å². The van der Waals surface area contributed by atoms with Gasteiger partial charge in [-0.1, -0.05) is 64.5 Å². The Kier molecular flexibility index (Phi) is 3.93. The largest absolute Gasteiger partial charge is 0.462 e. The SMILES string of the molecule is CCOC(=O)c1c(CBr)c2ccccc2c2ccccc12. The van der Waals surface area contributed by atoms with E-state index in [2.05, 4.69) is 34.1 Å². The van der Waals surface area contributed by atoms with Crippen LogP contribution in [0.15, 0.2) is 48.5 Å². The van der Waals surface area contributed by atoms with E-state index in [4.69, 9.17) is 4.74 Å². The maximum absolute atomic E-state index is 12.4. The molecule has 0 N–H and O–H groups in total. The van der Waals surface area contributed by atoms with Crippen LogP contribution in [0.4, 0.5) is 0 Å². The summed E-state index contributed by atoms with van der Waals surface area (Å²) in [6.45, 7) is 2.21. The van der Waals surface area contributed by atoms with Gasteiger partial charge in [0.25, 0.3) is 0 Å². The molecule has 3 aromatic carbocycles. The first-order valence-corrected chi connectivity index (χ1v) is 8.05. The molecule has 0 aliphatic heterocycles. The fraction of sp³-hybridized carbons (Fsp3) is 0.167. The van der Waals surface area contributed by atoms with Gasteiger partial charge in [-0.2, -0.15) is 0 Å². The number of esters is 1. The zero-order chi connectivity index (χ0) is 14.8. The van der Waals surface area contributed by atoms with Crippen molar-refractivity contribution < 1.29 is 9.53 Å². The highest BCUT2D eigenvalue weighted by Gasteiger charge is 2.19. The van der Waals surface area contributed by atoms with Crippen LogP contribution in [0.2, 0.25) is 0 Å². The van der Waals surface area contributed by atoms with Gasteiger partial charge in [-0.25, -0.2) is 4.79 Å². The lowest BCUT2D eigenvalue weighted by molar-refractivity contribution is 0.0528. The van der Waals surface area contributed by atoms with Crippen LogP contribution in [0.25, 0.3) is 21.5 Å². The molecular formula is C18H15BrO2. The van der Waals surface area contributed by atoms with E-state index in [0.29, 0.717) is 17.5 Å². The van der Waals surface area contributed by atoms with E-state index in [1.165, 1.54) is 0 Å². The standard InChI is InChI=1S/C18H15BrO2/c1-2-21-18(20)17-15-10-6-5-8-13(15)12-7-3-4-9-14(12)16(17)11-19/h3-10H,2,11H2,1H3. The van der Waals surface area contributed by atoms with Gasteiger partial charge in [0.15, 0.2) is 0 Å². The number of rotatable bonds is 3. The molecule has 0 atom stereocenters. The van der Waals surface area contributed by atoms with Crippen LogP contribution in [0.5, 0.6) is 0 Å². The van der Waals surface area contributed by atoms with Gasteiger partial charge in [-0.15, -0.1) is 0 Å². The van der Waals surface area contributed by atoms with Gasteiger partial charge >= 0.3 is 5.97 Å². The van der Waals surface area contributed by atoms with E-state index in [-0.39, 0.29) is 5.97 Å². The number of fused-ring (bicyclic) bond motifs is 3. The molecule has 3 rings (SSSR count). The van der Waals surface area contributed by atoms with Crippen molar-refractivity contribution in [1.29, 1.82) is 0 Å². The summed E-state index contributed by atoms with van der Waals surface area (Å²) < 4.78 is 5.27. The topological polar surface area (TPSA) is 26.3 Å². The smallest absolute Gasteiger partial charge is 0.339 e. The number of ether oxygens (including phenoxy) is 1. The Morgan fingerprint density at radius 1 is 0.952 bits per heavy atom. The minimum absolute atomic E-state index is 0.256. The highest BCUT2D eigenvalue weighted by molar-refractivity contribution is 9.08. The van der Waals surface area contributed by atoms with E-state index >= 15 is 0 Å². The average Bonchev–Trinajstić information content (AvgIpc) is 2.53. The molecule has 0 amide bonds. The third-order valence-corrected chi connectivity index (χ3v) is 4.21. The highest BCUT2D eigenvalue weighted by atomic mass is 79.9. The predicted molar refractivity (Wildman–Crippen MR) is 90.0 cm³/mol. The summed E-state index contributed by atoms with van der Waals surface area (Å²) in [6, 6.07) is 16.2. The number of halogens is 1. The Morgan fingerprint density at radius 2 is 1.48 bits per heavy atom. The lowest BCUT2D eigenvalue weighted by atomic mass is 9.92. The fourth-order valence-electron chi connectivity index (χ4n) is 2.79. The quantitative estimate of drug-likeness (QED) is 0.377. The molecule has 0 saturated heterocycles. The molecule has 0 spiro atoms. The molecule has 0 radical (unpaired) electrons. The second-order valence-corrected chi connectivity index (χ2v) is 5.36. The van der Waals surface area contributed by atoms with Crippen LogP contribution in [-0.4, -0.2) is 12.6 Å². The van der Waals surface area contributed by atoms with Crippen molar-refractivity contribution >= 4 is 43.4 Å². The number of hydrogen-bond acceptors (Lipinski definition) is 2. The zero-order valence-electron chi connectivity index (χ0n) is 11.7. The fourth-order valence-corrected chi connectivity index (χ4v) is 3.37. The maximum atomic E-state index is 12.4. The van der Waals surface area contributed by atoms with Crippen LogP contribution in [0.1, 0.15) is 22.8 Å². The summed E-state index contributed by atoms with van der Waals surface area (Å²) in [5.41, 5.74) is 1.66. The number of benzene rings is 3. The lowest BCUT2D eigenvalue weighted by Crippen LogP contribution is -2.09. The normalized spacial score (nSPS) is 11.0.